The maximum absolute atomic E-state index is 14.3. The lowest BCUT2D eigenvalue weighted by atomic mass is 9.92. The average molecular weight is 534 g/mol. The molecule has 2 aromatic heterocycles. The maximum Gasteiger partial charge on any atom is 0.225 e. The topological polar surface area (TPSA) is 93.3 Å². The standard InChI is InChI=1S/C25H30F3N7OS/c1-3-23-32-25(37-33-23)34-6-4-15(5-7-34)14(2)36-16-10-30-24(31-11-16)35-12-18(22(29)13-35)17-8-20(27)21(28)9-19(17)26/h8-11,14-15,18,22H,3-7,12-13,29H2,1-2H3. The molecule has 0 bridgehead atoms. The van der Waals surface area contributed by atoms with Crippen molar-refractivity contribution in [1.82, 2.24) is 19.3 Å². The zero-order chi connectivity index (χ0) is 26.1. The van der Waals surface area contributed by atoms with E-state index >= 15 is 0 Å². The summed E-state index contributed by atoms with van der Waals surface area (Å²) >= 11 is 1.46. The molecule has 0 aliphatic carbocycles. The van der Waals surface area contributed by atoms with E-state index in [-0.39, 0.29) is 11.7 Å². The van der Waals surface area contributed by atoms with Crippen LogP contribution in [0.25, 0.3) is 0 Å². The molecule has 3 unspecified atom stereocenters. The molecule has 0 amide bonds. The van der Waals surface area contributed by atoms with Crippen LogP contribution in [0, 0.1) is 23.4 Å². The minimum absolute atomic E-state index is 0.00170. The van der Waals surface area contributed by atoms with Gasteiger partial charge in [0.25, 0.3) is 0 Å². The van der Waals surface area contributed by atoms with Gasteiger partial charge in [0.15, 0.2) is 17.4 Å². The van der Waals surface area contributed by atoms with E-state index in [2.05, 4.69) is 38.1 Å². The van der Waals surface area contributed by atoms with Crippen LogP contribution >= 0.6 is 11.5 Å². The molecule has 4 heterocycles. The number of nitrogens with zero attached hydrogens (tertiary/aromatic N) is 6. The van der Waals surface area contributed by atoms with Gasteiger partial charge in [0, 0.05) is 62.2 Å². The minimum atomic E-state index is -1.22. The highest BCUT2D eigenvalue weighted by molar-refractivity contribution is 7.09. The number of ether oxygens (including phenoxy) is 1. The normalized spacial score (nSPS) is 21.5. The first-order valence-corrected chi connectivity index (χ1v) is 13.3. The van der Waals surface area contributed by atoms with Crippen molar-refractivity contribution in [3.8, 4) is 5.75 Å². The summed E-state index contributed by atoms with van der Waals surface area (Å²) in [6.07, 6.45) is 6.08. The number of benzene rings is 1. The highest BCUT2D eigenvalue weighted by atomic mass is 32.1. The lowest BCUT2D eigenvalue weighted by molar-refractivity contribution is 0.132. The Balaban J connectivity index is 1.16. The Bertz CT molecular complexity index is 1220. The molecule has 0 saturated carbocycles. The number of piperidine rings is 1. The molecular weight excluding hydrogens is 503 g/mol. The maximum atomic E-state index is 14.3. The average Bonchev–Trinajstić information content (AvgIpc) is 3.54. The van der Waals surface area contributed by atoms with E-state index in [1.807, 2.05) is 4.90 Å². The highest BCUT2D eigenvalue weighted by Crippen LogP contribution is 2.32. The fraction of sp³-hybridized carbons (Fsp3) is 0.520. The molecule has 8 nitrogen and oxygen atoms in total. The van der Waals surface area contributed by atoms with Crippen molar-refractivity contribution >= 4 is 22.6 Å². The molecule has 0 spiro atoms. The molecule has 2 saturated heterocycles. The third-order valence-electron chi connectivity index (χ3n) is 7.27. The first-order valence-electron chi connectivity index (χ1n) is 12.5. The van der Waals surface area contributed by atoms with Crippen LogP contribution in [0.5, 0.6) is 5.75 Å². The molecule has 3 atom stereocenters. The van der Waals surface area contributed by atoms with E-state index < -0.39 is 29.4 Å². The molecule has 0 radical (unpaired) electrons. The Hall–Kier alpha value is -2.99. The van der Waals surface area contributed by atoms with Crippen molar-refractivity contribution < 1.29 is 17.9 Å². The second kappa shape index (κ2) is 10.8. The van der Waals surface area contributed by atoms with E-state index in [1.54, 1.807) is 12.4 Å². The van der Waals surface area contributed by atoms with Crippen LogP contribution in [-0.4, -0.2) is 57.7 Å². The Morgan fingerprint density at radius 2 is 1.76 bits per heavy atom. The second-order valence-electron chi connectivity index (χ2n) is 9.68. The van der Waals surface area contributed by atoms with Gasteiger partial charge in [-0.05, 0) is 37.3 Å². The van der Waals surface area contributed by atoms with Gasteiger partial charge in [-0.25, -0.2) is 28.1 Å². The molecule has 3 aromatic rings. The van der Waals surface area contributed by atoms with Crippen LogP contribution in [0.2, 0.25) is 0 Å². The number of nitrogens with two attached hydrogens (primary N) is 1. The number of hydrogen-bond donors (Lipinski definition) is 1. The fourth-order valence-electron chi connectivity index (χ4n) is 5.06. The van der Waals surface area contributed by atoms with Gasteiger partial charge >= 0.3 is 0 Å². The van der Waals surface area contributed by atoms with Gasteiger partial charge in [0.05, 0.1) is 18.5 Å². The van der Waals surface area contributed by atoms with Crippen LogP contribution < -0.4 is 20.3 Å². The van der Waals surface area contributed by atoms with Crippen molar-refractivity contribution in [2.45, 2.75) is 51.2 Å². The van der Waals surface area contributed by atoms with Gasteiger partial charge in [-0.3, -0.25) is 0 Å². The van der Waals surface area contributed by atoms with E-state index in [0.29, 0.717) is 36.8 Å². The molecule has 2 N–H and O–H groups in total. The molecular formula is C25H30F3N7OS. The van der Waals surface area contributed by atoms with Crippen molar-refractivity contribution in [2.24, 2.45) is 11.7 Å². The summed E-state index contributed by atoms with van der Waals surface area (Å²) in [5.41, 5.74) is 6.28. The molecule has 12 heteroatoms. The Kier molecular flexibility index (Phi) is 7.47. The molecule has 2 aliphatic heterocycles. The first-order chi connectivity index (χ1) is 17.8. The summed E-state index contributed by atoms with van der Waals surface area (Å²) in [5, 5.41) is 0.990. The molecule has 2 fully saturated rings. The zero-order valence-electron chi connectivity index (χ0n) is 20.8. The van der Waals surface area contributed by atoms with Crippen LogP contribution in [0.1, 0.15) is 44.0 Å². The van der Waals surface area contributed by atoms with E-state index in [1.165, 1.54) is 11.5 Å². The third-order valence-corrected chi connectivity index (χ3v) is 8.09. The SMILES string of the molecule is CCc1nsc(N2CCC(C(C)Oc3cnc(N4CC(N)C(c5cc(F)c(F)cc5F)C4)nc3)CC2)n1. The molecule has 1 aromatic carbocycles. The second-order valence-corrected chi connectivity index (χ2v) is 10.4. The summed E-state index contributed by atoms with van der Waals surface area (Å²) in [6.45, 7) is 6.62. The summed E-state index contributed by atoms with van der Waals surface area (Å²) in [6, 6.07) is 0.976. The van der Waals surface area contributed by atoms with Crippen LogP contribution in [-0.2, 0) is 6.42 Å². The van der Waals surface area contributed by atoms with Crippen molar-refractivity contribution in [2.75, 3.05) is 36.0 Å². The van der Waals surface area contributed by atoms with Crippen LogP contribution in [0.15, 0.2) is 24.5 Å². The van der Waals surface area contributed by atoms with Gasteiger partial charge in [-0.15, -0.1) is 0 Å². The summed E-state index contributed by atoms with van der Waals surface area (Å²) in [4.78, 5) is 17.5. The Morgan fingerprint density at radius 3 is 2.43 bits per heavy atom. The number of halogens is 3. The highest BCUT2D eigenvalue weighted by Gasteiger charge is 2.35. The Morgan fingerprint density at radius 1 is 1.05 bits per heavy atom. The number of hydrogen-bond acceptors (Lipinski definition) is 9. The number of anilines is 2. The minimum Gasteiger partial charge on any atom is -0.487 e. The largest absolute Gasteiger partial charge is 0.487 e. The molecule has 37 heavy (non-hydrogen) atoms. The van der Waals surface area contributed by atoms with Gasteiger partial charge in [-0.1, -0.05) is 6.92 Å². The first kappa shape index (κ1) is 25.7. The number of aromatic nitrogens is 4. The van der Waals surface area contributed by atoms with E-state index in [4.69, 9.17) is 10.5 Å². The van der Waals surface area contributed by atoms with Crippen molar-refractivity contribution in [1.29, 1.82) is 0 Å². The number of rotatable bonds is 7. The molecule has 198 valence electrons. The summed E-state index contributed by atoms with van der Waals surface area (Å²) < 4.78 is 51.9. The quantitative estimate of drug-likeness (QED) is 0.457. The Labute approximate surface area is 217 Å². The van der Waals surface area contributed by atoms with Crippen molar-refractivity contribution in [3.63, 3.8) is 0 Å². The summed E-state index contributed by atoms with van der Waals surface area (Å²) in [7, 11) is 0. The van der Waals surface area contributed by atoms with Crippen molar-refractivity contribution in [3.05, 3.63) is 53.4 Å². The predicted octanol–water partition coefficient (Wildman–Crippen LogP) is 3.92. The van der Waals surface area contributed by atoms with Gasteiger partial charge in [-0.2, -0.15) is 4.37 Å². The molecule has 2 aliphatic rings. The van der Waals surface area contributed by atoms with E-state index in [9.17, 15) is 13.2 Å². The van der Waals surface area contributed by atoms with E-state index in [0.717, 1.165) is 49.4 Å². The lowest BCUT2D eigenvalue weighted by Gasteiger charge is -2.34. The van der Waals surface area contributed by atoms with Gasteiger partial charge < -0.3 is 20.3 Å². The fourth-order valence-corrected chi connectivity index (χ4v) is 5.87. The smallest absolute Gasteiger partial charge is 0.225 e. The molecule has 5 rings (SSSR count). The predicted molar refractivity (Wildman–Crippen MR) is 136 cm³/mol. The van der Waals surface area contributed by atoms with Gasteiger partial charge in [0.2, 0.25) is 11.1 Å². The lowest BCUT2D eigenvalue weighted by Crippen LogP contribution is -2.38. The third kappa shape index (κ3) is 5.49. The van der Waals surface area contributed by atoms with Crippen LogP contribution in [0.3, 0.4) is 0 Å². The zero-order valence-corrected chi connectivity index (χ0v) is 21.6. The summed E-state index contributed by atoms with van der Waals surface area (Å²) in [5.74, 6) is -1.33. The van der Waals surface area contributed by atoms with Gasteiger partial charge in [0.1, 0.15) is 11.6 Å². The number of aryl methyl sites for hydroxylation is 1. The van der Waals surface area contributed by atoms with Crippen LogP contribution in [0.4, 0.5) is 24.3 Å². The monoisotopic (exact) mass is 533 g/mol.